The van der Waals surface area contributed by atoms with Crippen molar-refractivity contribution in [1.82, 2.24) is 0 Å². The van der Waals surface area contributed by atoms with Crippen molar-refractivity contribution in [3.63, 3.8) is 0 Å². The summed E-state index contributed by atoms with van der Waals surface area (Å²) in [6.07, 6.45) is 0. The summed E-state index contributed by atoms with van der Waals surface area (Å²) >= 11 is 0. The van der Waals surface area contributed by atoms with Crippen LogP contribution in [0.5, 0.6) is 11.5 Å². The van der Waals surface area contributed by atoms with Gasteiger partial charge in [0.1, 0.15) is 0 Å². The SMILES string of the molecule is Cc1cc2cc3c(c(C(=O)O)c2cc1C)Nc1ccccc1O3. The normalized spacial score (nSPS) is 12.1. The molecule has 0 spiro atoms. The largest absolute Gasteiger partial charge is 0.478 e. The number of aromatic carboxylic acids is 1. The van der Waals surface area contributed by atoms with Gasteiger partial charge in [-0.1, -0.05) is 24.3 Å². The molecule has 3 aromatic rings. The highest BCUT2D eigenvalue weighted by molar-refractivity contribution is 6.11. The molecule has 3 aromatic carbocycles. The number of rotatable bonds is 1. The number of carbonyl (C=O) groups is 1. The molecule has 0 saturated carbocycles. The van der Waals surface area contributed by atoms with Gasteiger partial charge in [0.2, 0.25) is 0 Å². The Morgan fingerprint density at radius 1 is 1.04 bits per heavy atom. The van der Waals surface area contributed by atoms with Gasteiger partial charge in [-0.05, 0) is 53.9 Å². The molecule has 0 aromatic heterocycles. The number of fused-ring (bicyclic) bond motifs is 3. The van der Waals surface area contributed by atoms with Crippen LogP contribution in [0.1, 0.15) is 21.5 Å². The van der Waals surface area contributed by atoms with Crippen LogP contribution in [0.2, 0.25) is 0 Å². The van der Waals surface area contributed by atoms with Crippen molar-refractivity contribution < 1.29 is 14.6 Å². The summed E-state index contributed by atoms with van der Waals surface area (Å²) in [5.41, 5.74) is 3.71. The van der Waals surface area contributed by atoms with E-state index < -0.39 is 5.97 Å². The molecule has 0 atom stereocenters. The molecule has 0 saturated heterocycles. The molecule has 0 amide bonds. The number of nitrogens with one attached hydrogen (secondary N) is 1. The first-order valence-corrected chi connectivity index (χ1v) is 7.40. The van der Waals surface area contributed by atoms with Crippen LogP contribution in [0.3, 0.4) is 0 Å². The minimum absolute atomic E-state index is 0.245. The average Bonchev–Trinajstić information content (AvgIpc) is 2.52. The minimum Gasteiger partial charge on any atom is -0.478 e. The highest BCUT2D eigenvalue weighted by atomic mass is 16.5. The van der Waals surface area contributed by atoms with Gasteiger partial charge < -0.3 is 15.2 Å². The summed E-state index contributed by atoms with van der Waals surface area (Å²) < 4.78 is 5.92. The molecular weight excluding hydrogens is 290 g/mol. The van der Waals surface area contributed by atoms with Crippen molar-refractivity contribution in [2.24, 2.45) is 0 Å². The summed E-state index contributed by atoms with van der Waals surface area (Å²) in [6.45, 7) is 4.00. The van der Waals surface area contributed by atoms with Crippen LogP contribution in [-0.4, -0.2) is 11.1 Å². The maximum atomic E-state index is 11.9. The smallest absolute Gasteiger partial charge is 0.338 e. The fraction of sp³-hybridized carbons (Fsp3) is 0.105. The van der Waals surface area contributed by atoms with Crippen LogP contribution >= 0.6 is 0 Å². The van der Waals surface area contributed by atoms with E-state index in [1.807, 2.05) is 56.3 Å². The molecule has 0 radical (unpaired) electrons. The molecule has 1 aliphatic heterocycles. The molecule has 114 valence electrons. The Hall–Kier alpha value is -3.01. The Bertz CT molecular complexity index is 976. The van der Waals surface area contributed by atoms with Crippen molar-refractivity contribution in [3.8, 4) is 11.5 Å². The molecule has 0 unspecified atom stereocenters. The molecule has 0 aliphatic carbocycles. The number of aryl methyl sites for hydroxylation is 2. The second-order valence-corrected chi connectivity index (χ2v) is 5.81. The number of carboxylic acid groups (broad SMARTS) is 1. The van der Waals surface area contributed by atoms with E-state index in [2.05, 4.69) is 5.32 Å². The number of anilines is 2. The third-order valence-electron chi connectivity index (χ3n) is 4.30. The fourth-order valence-electron chi connectivity index (χ4n) is 2.98. The maximum Gasteiger partial charge on any atom is 0.338 e. The van der Waals surface area contributed by atoms with Gasteiger partial charge in [-0.25, -0.2) is 4.79 Å². The Kier molecular flexibility index (Phi) is 2.81. The van der Waals surface area contributed by atoms with E-state index in [4.69, 9.17) is 4.74 Å². The van der Waals surface area contributed by atoms with Gasteiger partial charge in [0.05, 0.1) is 16.9 Å². The second-order valence-electron chi connectivity index (χ2n) is 5.81. The molecule has 1 aliphatic rings. The van der Waals surface area contributed by atoms with Crippen LogP contribution in [0.4, 0.5) is 11.4 Å². The molecular formula is C19H15NO3. The number of hydrogen-bond acceptors (Lipinski definition) is 3. The first-order chi connectivity index (χ1) is 11.0. The molecule has 23 heavy (non-hydrogen) atoms. The van der Waals surface area contributed by atoms with E-state index in [-0.39, 0.29) is 5.56 Å². The van der Waals surface area contributed by atoms with E-state index in [1.54, 1.807) is 0 Å². The first kappa shape index (κ1) is 13.6. The maximum absolute atomic E-state index is 11.9. The zero-order chi connectivity index (χ0) is 16.1. The van der Waals surface area contributed by atoms with E-state index in [0.717, 1.165) is 27.6 Å². The lowest BCUT2D eigenvalue weighted by atomic mass is 9.96. The topological polar surface area (TPSA) is 58.6 Å². The van der Waals surface area contributed by atoms with Gasteiger partial charge in [-0.15, -0.1) is 0 Å². The van der Waals surface area contributed by atoms with Crippen LogP contribution in [0, 0.1) is 13.8 Å². The Morgan fingerprint density at radius 2 is 1.78 bits per heavy atom. The molecule has 2 N–H and O–H groups in total. The highest BCUT2D eigenvalue weighted by Gasteiger charge is 2.25. The predicted octanol–water partition coefficient (Wildman–Crippen LogP) is 5.00. The summed E-state index contributed by atoms with van der Waals surface area (Å²) in [6, 6.07) is 13.3. The number of carboxylic acids is 1. The van der Waals surface area contributed by atoms with Gasteiger partial charge in [0, 0.05) is 0 Å². The van der Waals surface area contributed by atoms with Gasteiger partial charge >= 0.3 is 5.97 Å². The Balaban J connectivity index is 2.05. The van der Waals surface area contributed by atoms with Crippen molar-refractivity contribution in [1.29, 1.82) is 0 Å². The van der Waals surface area contributed by atoms with Crippen LogP contribution in [0.15, 0.2) is 42.5 Å². The lowest BCUT2D eigenvalue weighted by Crippen LogP contribution is -2.10. The van der Waals surface area contributed by atoms with Crippen LogP contribution in [-0.2, 0) is 0 Å². The summed E-state index contributed by atoms with van der Waals surface area (Å²) in [4.78, 5) is 11.9. The van der Waals surface area contributed by atoms with Gasteiger partial charge in [-0.2, -0.15) is 0 Å². The summed E-state index contributed by atoms with van der Waals surface area (Å²) in [7, 11) is 0. The Morgan fingerprint density at radius 3 is 2.57 bits per heavy atom. The van der Waals surface area contributed by atoms with Crippen LogP contribution < -0.4 is 10.1 Å². The summed E-state index contributed by atoms with van der Waals surface area (Å²) in [5, 5.41) is 14.5. The quantitative estimate of drug-likeness (QED) is 0.519. The third-order valence-corrected chi connectivity index (χ3v) is 4.30. The van der Waals surface area contributed by atoms with Gasteiger partial charge in [0.25, 0.3) is 0 Å². The number of benzene rings is 3. The minimum atomic E-state index is -0.967. The molecule has 0 fully saturated rings. The van der Waals surface area contributed by atoms with Crippen molar-refractivity contribution >= 4 is 28.1 Å². The molecule has 4 rings (SSSR count). The van der Waals surface area contributed by atoms with E-state index in [1.165, 1.54) is 0 Å². The Labute approximate surface area is 133 Å². The predicted molar refractivity (Wildman–Crippen MR) is 90.2 cm³/mol. The zero-order valence-corrected chi connectivity index (χ0v) is 12.8. The highest BCUT2D eigenvalue weighted by Crippen LogP contribution is 2.46. The fourth-order valence-corrected chi connectivity index (χ4v) is 2.98. The van der Waals surface area contributed by atoms with Crippen molar-refractivity contribution in [2.45, 2.75) is 13.8 Å². The van der Waals surface area contributed by atoms with Crippen LogP contribution in [0.25, 0.3) is 10.8 Å². The lowest BCUT2D eigenvalue weighted by Gasteiger charge is -2.24. The molecule has 0 bridgehead atoms. The lowest BCUT2D eigenvalue weighted by molar-refractivity contribution is 0.0700. The standard InChI is InChI=1S/C19H15NO3/c1-10-7-12-9-16-18(17(19(21)22)13(12)8-11(10)2)20-14-5-3-4-6-15(14)23-16/h3-9,20H,1-2H3,(H,21,22). The van der Waals surface area contributed by atoms with E-state index >= 15 is 0 Å². The first-order valence-electron chi connectivity index (χ1n) is 7.40. The number of para-hydroxylation sites is 2. The molecule has 4 nitrogen and oxygen atoms in total. The van der Waals surface area contributed by atoms with Gasteiger partial charge in [-0.3, -0.25) is 0 Å². The second kappa shape index (κ2) is 4.74. The van der Waals surface area contributed by atoms with Crippen molar-refractivity contribution in [2.75, 3.05) is 5.32 Å². The van der Waals surface area contributed by atoms with Gasteiger partial charge in [0.15, 0.2) is 11.5 Å². The monoisotopic (exact) mass is 305 g/mol. The average molecular weight is 305 g/mol. The summed E-state index contributed by atoms with van der Waals surface area (Å²) in [5.74, 6) is 0.266. The third kappa shape index (κ3) is 2.03. The zero-order valence-electron chi connectivity index (χ0n) is 12.8. The number of ether oxygens (including phenoxy) is 1. The number of hydrogen-bond donors (Lipinski definition) is 2. The van der Waals surface area contributed by atoms with Crippen molar-refractivity contribution in [3.05, 3.63) is 59.2 Å². The molecule has 1 heterocycles. The van der Waals surface area contributed by atoms with E-state index in [0.29, 0.717) is 17.2 Å². The van der Waals surface area contributed by atoms with E-state index in [9.17, 15) is 9.90 Å². The molecule has 4 heteroatoms.